The maximum absolute atomic E-state index is 9.12. The number of ether oxygens (including phenoxy) is 1. The van der Waals surface area contributed by atoms with Gasteiger partial charge in [-0.1, -0.05) is 5.09 Å². The van der Waals surface area contributed by atoms with Crippen molar-refractivity contribution in [3.8, 4) is 0 Å². The number of rotatable bonds is 2. The van der Waals surface area contributed by atoms with Gasteiger partial charge >= 0.3 is 8.09 Å². The zero-order valence-electron chi connectivity index (χ0n) is 6.42. The second-order valence-corrected chi connectivity index (χ2v) is 4.13. The predicted octanol–water partition coefficient (Wildman–Crippen LogP) is -1.27. The second-order valence-electron chi connectivity index (χ2n) is 2.74. The van der Waals surface area contributed by atoms with Gasteiger partial charge in [0.1, 0.15) is 6.23 Å². The van der Waals surface area contributed by atoms with Crippen LogP contribution in [0.4, 0.5) is 0 Å². The number of hydrogen-bond donors (Lipinski definition) is 5. The van der Waals surface area contributed by atoms with Gasteiger partial charge in [-0.15, -0.1) is 0 Å². The van der Waals surface area contributed by atoms with Crippen LogP contribution < -0.4 is 5.09 Å². The van der Waals surface area contributed by atoms with Crippen molar-refractivity contribution in [3.63, 3.8) is 0 Å². The summed E-state index contributed by atoms with van der Waals surface area (Å²) in [6.07, 6.45) is -0.403. The highest BCUT2D eigenvalue weighted by Crippen LogP contribution is 2.40. The van der Waals surface area contributed by atoms with E-state index in [1.807, 2.05) is 0 Å². The minimum atomic E-state index is -4.00. The smallest absolute Gasteiger partial charge is 0.393 e. The highest BCUT2D eigenvalue weighted by atomic mass is 31.2. The molecule has 7 heteroatoms. The number of nitrogens with one attached hydrogen (secondary N) is 1. The van der Waals surface area contributed by atoms with E-state index < -0.39 is 20.4 Å². The van der Waals surface area contributed by atoms with E-state index in [4.69, 9.17) is 24.5 Å². The first-order valence-corrected chi connectivity index (χ1v) is 5.27. The molecule has 72 valence electrons. The average molecular weight is 198 g/mol. The highest BCUT2D eigenvalue weighted by molar-refractivity contribution is 7.56. The van der Waals surface area contributed by atoms with Gasteiger partial charge in [-0.05, 0) is 6.42 Å². The van der Waals surface area contributed by atoms with E-state index in [9.17, 15) is 0 Å². The van der Waals surface area contributed by atoms with E-state index in [-0.39, 0.29) is 6.42 Å². The van der Waals surface area contributed by atoms with Crippen molar-refractivity contribution in [2.24, 2.45) is 0 Å². The molecule has 0 aromatic carbocycles. The van der Waals surface area contributed by atoms with Crippen LogP contribution in [0.3, 0.4) is 0 Å². The SMILES string of the molecule is OC1CCOC(N[P+](O)(O)O)C1. The van der Waals surface area contributed by atoms with E-state index >= 15 is 0 Å². The molecule has 0 aromatic rings. The van der Waals surface area contributed by atoms with Crippen LogP contribution in [0.2, 0.25) is 0 Å². The van der Waals surface area contributed by atoms with E-state index in [1.165, 1.54) is 0 Å². The first-order valence-electron chi connectivity index (χ1n) is 3.62. The molecule has 5 N–H and O–H groups in total. The first kappa shape index (κ1) is 10.3. The van der Waals surface area contributed by atoms with E-state index in [0.29, 0.717) is 13.0 Å². The molecule has 1 fully saturated rings. The van der Waals surface area contributed by atoms with E-state index in [0.717, 1.165) is 0 Å². The summed E-state index contributed by atoms with van der Waals surface area (Å²) in [7, 11) is -4.00. The summed E-state index contributed by atoms with van der Waals surface area (Å²) < 4.78 is 5.00. The lowest BCUT2D eigenvalue weighted by Gasteiger charge is -2.25. The van der Waals surface area contributed by atoms with Crippen LogP contribution in [0, 0.1) is 0 Å². The van der Waals surface area contributed by atoms with Gasteiger partial charge in [-0.2, -0.15) is 14.7 Å². The van der Waals surface area contributed by atoms with Crippen LogP contribution >= 0.6 is 8.09 Å². The van der Waals surface area contributed by atoms with Crippen LogP contribution in [0.25, 0.3) is 0 Å². The molecule has 1 rings (SSSR count). The molecule has 2 unspecified atom stereocenters. The Balaban J connectivity index is 2.32. The maximum Gasteiger partial charge on any atom is 0.496 e. The topological polar surface area (TPSA) is 102 Å². The monoisotopic (exact) mass is 198 g/mol. The number of aliphatic hydroxyl groups excluding tert-OH is 1. The van der Waals surface area contributed by atoms with Gasteiger partial charge in [0.2, 0.25) is 0 Å². The van der Waals surface area contributed by atoms with Crippen molar-refractivity contribution in [2.75, 3.05) is 6.61 Å². The fourth-order valence-corrected chi connectivity index (χ4v) is 1.63. The average Bonchev–Trinajstić information content (AvgIpc) is 1.82. The molecule has 0 radical (unpaired) electrons. The molecule has 1 heterocycles. The Morgan fingerprint density at radius 3 is 2.50 bits per heavy atom. The zero-order valence-corrected chi connectivity index (χ0v) is 7.31. The summed E-state index contributed by atoms with van der Waals surface area (Å²) in [5.41, 5.74) is 0. The third-order valence-electron chi connectivity index (χ3n) is 1.57. The molecule has 0 saturated carbocycles. The Morgan fingerprint density at radius 2 is 2.00 bits per heavy atom. The Kier molecular flexibility index (Phi) is 3.37. The largest absolute Gasteiger partial charge is 0.496 e. The molecular weight excluding hydrogens is 185 g/mol. The molecule has 0 amide bonds. The van der Waals surface area contributed by atoms with Crippen LogP contribution in [0.15, 0.2) is 0 Å². The normalized spacial score (nSPS) is 32.0. The quantitative estimate of drug-likeness (QED) is 0.354. The zero-order chi connectivity index (χ0) is 9.19. The number of hydrogen-bond acceptors (Lipinski definition) is 6. The van der Waals surface area contributed by atoms with Crippen molar-refractivity contribution in [3.05, 3.63) is 0 Å². The molecular formula is C5H13NO5P+. The molecule has 12 heavy (non-hydrogen) atoms. The third kappa shape index (κ3) is 3.73. The van der Waals surface area contributed by atoms with Crippen molar-refractivity contribution >= 4 is 8.09 Å². The Bertz CT molecular complexity index is 149. The molecule has 1 aliphatic rings. The van der Waals surface area contributed by atoms with E-state index in [1.54, 1.807) is 0 Å². The Morgan fingerprint density at radius 1 is 1.33 bits per heavy atom. The minimum absolute atomic E-state index is 0.253. The molecule has 1 aliphatic heterocycles. The number of aliphatic hydroxyl groups is 1. The molecule has 0 spiro atoms. The second kappa shape index (κ2) is 3.93. The van der Waals surface area contributed by atoms with Gasteiger partial charge in [0.15, 0.2) is 0 Å². The van der Waals surface area contributed by atoms with Gasteiger partial charge in [-0.25, -0.2) is 0 Å². The van der Waals surface area contributed by atoms with Crippen molar-refractivity contribution in [2.45, 2.75) is 25.2 Å². The molecule has 2 atom stereocenters. The molecule has 0 bridgehead atoms. The molecule has 6 nitrogen and oxygen atoms in total. The summed E-state index contributed by atoms with van der Waals surface area (Å²) in [5, 5.41) is 11.2. The van der Waals surface area contributed by atoms with Gasteiger partial charge < -0.3 is 9.84 Å². The van der Waals surface area contributed by atoms with Crippen LogP contribution in [0.5, 0.6) is 0 Å². The van der Waals surface area contributed by atoms with Crippen LogP contribution in [-0.4, -0.2) is 38.7 Å². The maximum atomic E-state index is 9.12. The summed E-state index contributed by atoms with van der Waals surface area (Å²) in [6, 6.07) is 0. The summed E-state index contributed by atoms with van der Waals surface area (Å²) in [6.45, 7) is 0.346. The fourth-order valence-electron chi connectivity index (χ4n) is 1.06. The van der Waals surface area contributed by atoms with Gasteiger partial charge in [0, 0.05) is 6.42 Å². The molecule has 1 saturated heterocycles. The highest BCUT2D eigenvalue weighted by Gasteiger charge is 2.36. The minimum Gasteiger partial charge on any atom is -0.393 e. The first-order chi connectivity index (χ1) is 5.47. The molecule has 0 aromatic heterocycles. The fraction of sp³-hybridized carbons (Fsp3) is 1.00. The Labute approximate surface area is 70.4 Å². The lowest BCUT2D eigenvalue weighted by atomic mass is 10.1. The van der Waals surface area contributed by atoms with Gasteiger partial charge in [-0.3, -0.25) is 0 Å². The van der Waals surface area contributed by atoms with Crippen LogP contribution in [0.1, 0.15) is 12.8 Å². The van der Waals surface area contributed by atoms with E-state index in [2.05, 4.69) is 5.09 Å². The summed E-state index contributed by atoms with van der Waals surface area (Å²) in [4.78, 5) is 25.8. The lowest BCUT2D eigenvalue weighted by molar-refractivity contribution is -0.0514. The van der Waals surface area contributed by atoms with Crippen molar-refractivity contribution in [1.82, 2.24) is 5.09 Å². The standard InChI is InChI=1S/C5H13NO5P/c7-4-1-2-11-5(3-4)6-12(8,9)10/h4-10H,1-3H2/q+1. The molecule has 0 aliphatic carbocycles. The lowest BCUT2D eigenvalue weighted by Crippen LogP contribution is -2.39. The Hall–Kier alpha value is 0.190. The predicted molar refractivity (Wildman–Crippen MR) is 41.7 cm³/mol. The van der Waals surface area contributed by atoms with Gasteiger partial charge in [0.25, 0.3) is 0 Å². The third-order valence-corrected chi connectivity index (χ3v) is 2.21. The van der Waals surface area contributed by atoms with Gasteiger partial charge in [0.05, 0.1) is 12.7 Å². The van der Waals surface area contributed by atoms with Crippen molar-refractivity contribution < 1.29 is 24.5 Å². The van der Waals surface area contributed by atoms with Crippen molar-refractivity contribution in [1.29, 1.82) is 0 Å². The summed E-state index contributed by atoms with van der Waals surface area (Å²) in [5.74, 6) is 0. The van der Waals surface area contributed by atoms with Crippen LogP contribution in [-0.2, 0) is 4.74 Å². The summed E-state index contributed by atoms with van der Waals surface area (Å²) >= 11 is 0.